The number of carbonyl (C=O) groups excluding carboxylic acids is 3. The highest BCUT2D eigenvalue weighted by molar-refractivity contribution is 6.24. The predicted octanol–water partition coefficient (Wildman–Crippen LogP) is 2.39. The standard InChI is InChI=1S/C32H44N4O7/c1-5-36(6-2)25-17(15-34-18-10-8-7-9-11-18)14-21(37)23-19(25)12-16-13-20-26(35(3)4)28(39)24(31(33)42)30(41)32(20,43)29(40)22(16)27(23)38/h14,16,18,20,26,34,37,39-40,43H,5-13,15H2,1-4H3,(H2,33,42)/t16-,20-,26-,32-/m0/s1. The number of aliphatic hydroxyl groups excluding tert-OH is 2. The number of aromatic hydroxyl groups is 1. The maximum atomic E-state index is 14.2. The van der Waals surface area contributed by atoms with E-state index in [1.165, 1.54) is 19.3 Å². The number of rotatable bonds is 8. The highest BCUT2D eigenvalue weighted by atomic mass is 16.3. The molecule has 0 heterocycles. The molecule has 1 aromatic carbocycles. The number of benzene rings is 1. The Morgan fingerprint density at radius 2 is 1.74 bits per heavy atom. The van der Waals surface area contributed by atoms with Gasteiger partial charge in [0.25, 0.3) is 5.91 Å². The number of allylic oxidation sites excluding steroid dienone is 1. The first kappa shape index (κ1) is 31.0. The van der Waals surface area contributed by atoms with E-state index in [4.69, 9.17) is 5.73 Å². The van der Waals surface area contributed by atoms with Crippen LogP contribution in [-0.4, -0.2) is 87.7 Å². The Labute approximate surface area is 252 Å². The topological polar surface area (TPSA) is 177 Å². The summed E-state index contributed by atoms with van der Waals surface area (Å²) in [6.45, 7) is 5.93. The summed E-state index contributed by atoms with van der Waals surface area (Å²) in [7, 11) is 3.24. The van der Waals surface area contributed by atoms with Gasteiger partial charge in [-0.25, -0.2) is 0 Å². The molecule has 0 aromatic heterocycles. The Bertz CT molecular complexity index is 1410. The molecule has 1 saturated carbocycles. The van der Waals surface area contributed by atoms with Crippen molar-refractivity contribution in [3.8, 4) is 5.75 Å². The molecule has 4 atom stereocenters. The molecule has 1 fully saturated rings. The normalized spacial score (nSPS) is 27.7. The Morgan fingerprint density at radius 3 is 2.33 bits per heavy atom. The SMILES string of the molecule is CCN(CC)c1c(CNC2CCCCC2)cc(O)c2c1C[C@H]1C[C@H]3[C@H](N(C)C)C(O)=C(C(N)=O)C(=O)[C@@]3(O)C(O)=C1C2=O. The lowest BCUT2D eigenvalue weighted by Gasteiger charge is -2.50. The van der Waals surface area contributed by atoms with Gasteiger partial charge in [-0.3, -0.25) is 19.3 Å². The molecule has 7 N–H and O–H groups in total. The molecule has 0 unspecified atom stereocenters. The van der Waals surface area contributed by atoms with Crippen molar-refractivity contribution in [3.63, 3.8) is 0 Å². The third-order valence-electron chi connectivity index (χ3n) is 10.0. The monoisotopic (exact) mass is 596 g/mol. The van der Waals surface area contributed by atoms with Gasteiger partial charge in [0.05, 0.1) is 11.6 Å². The quantitative estimate of drug-likeness (QED) is 0.244. The Kier molecular flexibility index (Phi) is 8.36. The molecule has 1 aromatic rings. The number of nitrogens with one attached hydrogen (secondary N) is 1. The molecule has 0 aliphatic heterocycles. The van der Waals surface area contributed by atoms with Gasteiger partial charge in [-0.2, -0.15) is 0 Å². The third kappa shape index (κ3) is 4.81. The summed E-state index contributed by atoms with van der Waals surface area (Å²) in [6, 6.07) is 0.976. The van der Waals surface area contributed by atoms with E-state index in [1.54, 1.807) is 25.1 Å². The zero-order valence-electron chi connectivity index (χ0n) is 25.4. The van der Waals surface area contributed by atoms with Gasteiger partial charge < -0.3 is 36.4 Å². The number of aliphatic hydroxyl groups is 3. The summed E-state index contributed by atoms with van der Waals surface area (Å²) in [5.74, 6) is -6.45. The fraction of sp³-hybridized carbons (Fsp3) is 0.594. The lowest BCUT2D eigenvalue weighted by molar-refractivity contribution is -0.148. The van der Waals surface area contributed by atoms with Crippen molar-refractivity contribution in [2.75, 3.05) is 32.1 Å². The molecule has 1 amide bonds. The number of nitrogens with two attached hydrogens (primary N) is 1. The number of hydrogen-bond acceptors (Lipinski definition) is 10. The number of phenols is 1. The number of primary amides is 1. The molecule has 0 bridgehead atoms. The van der Waals surface area contributed by atoms with Gasteiger partial charge in [0, 0.05) is 42.9 Å². The second-order valence-corrected chi connectivity index (χ2v) is 12.6. The number of fused-ring (bicyclic) bond motifs is 3. The number of hydrogen-bond donors (Lipinski definition) is 6. The van der Waals surface area contributed by atoms with Gasteiger partial charge >= 0.3 is 0 Å². The third-order valence-corrected chi connectivity index (χ3v) is 10.0. The Hall–Kier alpha value is -3.41. The molecule has 0 radical (unpaired) electrons. The first-order chi connectivity index (χ1) is 20.4. The maximum absolute atomic E-state index is 14.2. The van der Waals surface area contributed by atoms with Crippen LogP contribution in [0.15, 0.2) is 28.7 Å². The van der Waals surface area contributed by atoms with Crippen LogP contribution in [0.5, 0.6) is 5.75 Å². The molecule has 5 rings (SSSR count). The summed E-state index contributed by atoms with van der Waals surface area (Å²) < 4.78 is 0. The Morgan fingerprint density at radius 1 is 1.09 bits per heavy atom. The number of likely N-dealkylation sites (N-methyl/N-ethyl adjacent to an activating group) is 1. The van der Waals surface area contributed by atoms with Crippen molar-refractivity contribution in [3.05, 3.63) is 45.4 Å². The predicted molar refractivity (Wildman–Crippen MR) is 161 cm³/mol. The van der Waals surface area contributed by atoms with E-state index in [-0.39, 0.29) is 29.7 Å². The minimum Gasteiger partial charge on any atom is -0.510 e. The van der Waals surface area contributed by atoms with Gasteiger partial charge in [-0.1, -0.05) is 19.3 Å². The summed E-state index contributed by atoms with van der Waals surface area (Å²) in [5.41, 5.74) is 4.29. The van der Waals surface area contributed by atoms with E-state index in [9.17, 15) is 34.8 Å². The molecule has 4 aliphatic carbocycles. The maximum Gasteiger partial charge on any atom is 0.255 e. The fourth-order valence-corrected chi connectivity index (χ4v) is 8.00. The number of anilines is 1. The number of Topliss-reactive ketones (excluding diaryl/α,β-unsaturated/α-hetero) is 2. The first-order valence-corrected chi connectivity index (χ1v) is 15.4. The van der Waals surface area contributed by atoms with Gasteiger partial charge in [0.1, 0.15) is 22.8 Å². The summed E-state index contributed by atoms with van der Waals surface area (Å²) in [6.07, 6.45) is 6.13. The second kappa shape index (κ2) is 11.6. The van der Waals surface area contributed by atoms with Crippen molar-refractivity contribution >= 4 is 23.2 Å². The first-order valence-electron chi connectivity index (χ1n) is 15.4. The van der Waals surface area contributed by atoms with E-state index in [2.05, 4.69) is 10.2 Å². The molecule has 11 nitrogen and oxygen atoms in total. The number of phenolic OH excluding ortho intramolecular Hbond substituents is 1. The Balaban J connectivity index is 1.65. The van der Waals surface area contributed by atoms with E-state index in [0.717, 1.165) is 24.1 Å². The zero-order chi connectivity index (χ0) is 31.4. The van der Waals surface area contributed by atoms with Gasteiger partial charge in [0.2, 0.25) is 5.78 Å². The summed E-state index contributed by atoms with van der Waals surface area (Å²) >= 11 is 0. The van der Waals surface area contributed by atoms with Crippen molar-refractivity contribution in [1.29, 1.82) is 0 Å². The minimum absolute atomic E-state index is 0.0455. The van der Waals surface area contributed by atoms with Crippen LogP contribution in [0.2, 0.25) is 0 Å². The fourth-order valence-electron chi connectivity index (χ4n) is 8.00. The second-order valence-electron chi connectivity index (χ2n) is 12.6. The number of amides is 1. The summed E-state index contributed by atoms with van der Waals surface area (Å²) in [5, 5.41) is 49.3. The van der Waals surface area contributed by atoms with Crippen molar-refractivity contribution < 1.29 is 34.8 Å². The van der Waals surface area contributed by atoms with Crippen LogP contribution < -0.4 is 16.0 Å². The highest BCUT2D eigenvalue weighted by Crippen LogP contribution is 2.53. The smallest absolute Gasteiger partial charge is 0.255 e. The van der Waals surface area contributed by atoms with Gasteiger partial charge in [-0.05, 0) is 76.7 Å². The van der Waals surface area contributed by atoms with Crippen molar-refractivity contribution in [2.45, 2.75) is 83.0 Å². The molecule has 11 heteroatoms. The van der Waals surface area contributed by atoms with Crippen LogP contribution in [0.25, 0.3) is 0 Å². The molecule has 4 aliphatic rings. The molecule has 43 heavy (non-hydrogen) atoms. The zero-order valence-corrected chi connectivity index (χ0v) is 25.4. The van der Waals surface area contributed by atoms with Crippen LogP contribution in [0.4, 0.5) is 5.69 Å². The summed E-state index contributed by atoms with van der Waals surface area (Å²) in [4.78, 5) is 43.6. The molecular weight excluding hydrogens is 552 g/mol. The van der Waals surface area contributed by atoms with Gasteiger partial charge in [0.15, 0.2) is 11.4 Å². The molecular formula is C32H44N4O7. The number of carbonyl (C=O) groups is 3. The van der Waals surface area contributed by atoms with Crippen LogP contribution in [0, 0.1) is 11.8 Å². The average Bonchev–Trinajstić information content (AvgIpc) is 2.95. The highest BCUT2D eigenvalue weighted by Gasteiger charge is 2.63. The lowest BCUT2D eigenvalue weighted by atomic mass is 9.58. The number of ketones is 2. The lowest BCUT2D eigenvalue weighted by Crippen LogP contribution is -2.63. The van der Waals surface area contributed by atoms with Crippen LogP contribution in [0.1, 0.15) is 73.9 Å². The van der Waals surface area contributed by atoms with Crippen molar-refractivity contribution in [2.24, 2.45) is 17.6 Å². The number of nitrogens with zero attached hydrogens (tertiary/aromatic N) is 2. The average molecular weight is 597 g/mol. The van der Waals surface area contributed by atoms with E-state index in [0.29, 0.717) is 31.2 Å². The molecule has 0 spiro atoms. The molecule has 234 valence electrons. The van der Waals surface area contributed by atoms with Crippen LogP contribution >= 0.6 is 0 Å². The minimum atomic E-state index is -2.65. The molecule has 0 saturated heterocycles. The van der Waals surface area contributed by atoms with Gasteiger partial charge in [-0.15, -0.1) is 0 Å². The van der Waals surface area contributed by atoms with E-state index in [1.807, 2.05) is 13.8 Å². The largest absolute Gasteiger partial charge is 0.510 e. The van der Waals surface area contributed by atoms with Crippen LogP contribution in [-0.2, 0) is 22.6 Å². The van der Waals surface area contributed by atoms with E-state index >= 15 is 0 Å². The van der Waals surface area contributed by atoms with E-state index < -0.39 is 58.0 Å². The van der Waals surface area contributed by atoms with Crippen LogP contribution in [0.3, 0.4) is 0 Å². The van der Waals surface area contributed by atoms with Crippen molar-refractivity contribution in [1.82, 2.24) is 10.2 Å².